The molecule has 26 heavy (non-hydrogen) atoms. The Morgan fingerprint density at radius 2 is 1.73 bits per heavy atom. The number of hydrogen-bond donors (Lipinski definition) is 0. The van der Waals surface area contributed by atoms with Crippen LogP contribution in [0.2, 0.25) is 0 Å². The van der Waals surface area contributed by atoms with Gasteiger partial charge < -0.3 is 9.15 Å². The molecule has 0 radical (unpaired) electrons. The third-order valence-corrected chi connectivity index (χ3v) is 5.36. The van der Waals surface area contributed by atoms with Crippen LogP contribution in [0.1, 0.15) is 18.5 Å². The summed E-state index contributed by atoms with van der Waals surface area (Å²) < 4.78 is 24.0. The number of halogens is 1. The molecule has 2 aliphatic rings. The third-order valence-electron chi connectivity index (χ3n) is 5.36. The van der Waals surface area contributed by atoms with Crippen molar-refractivity contribution in [3.8, 4) is 11.5 Å². The molecule has 3 heterocycles. The zero-order valence-electron chi connectivity index (χ0n) is 15.1. The lowest BCUT2D eigenvalue weighted by molar-refractivity contribution is 0.0241. The first-order valence-electron chi connectivity index (χ1n) is 9.49. The van der Waals surface area contributed by atoms with Crippen LogP contribution < -0.4 is 0 Å². The zero-order chi connectivity index (χ0) is 17.8. The van der Waals surface area contributed by atoms with E-state index in [-0.39, 0.29) is 5.82 Å². The summed E-state index contributed by atoms with van der Waals surface area (Å²) in [5.41, 5.74) is 1.75. The van der Waals surface area contributed by atoms with Crippen molar-refractivity contribution in [3.63, 3.8) is 0 Å². The largest absolute Gasteiger partial charge is 0.444 e. The first-order chi connectivity index (χ1) is 12.8. The fourth-order valence-corrected chi connectivity index (χ4v) is 3.81. The molecular weight excluding hydrogens is 333 g/mol. The van der Waals surface area contributed by atoms with E-state index in [1.165, 1.54) is 31.5 Å². The summed E-state index contributed by atoms with van der Waals surface area (Å²) in [6, 6.07) is 6.25. The Morgan fingerprint density at radius 3 is 2.46 bits per heavy atom. The summed E-state index contributed by atoms with van der Waals surface area (Å²) >= 11 is 0. The maximum Gasteiger partial charge on any atom is 0.226 e. The highest BCUT2D eigenvalue weighted by molar-refractivity contribution is 5.52. The van der Waals surface area contributed by atoms with Crippen LogP contribution in [0.4, 0.5) is 4.39 Å². The van der Waals surface area contributed by atoms with E-state index in [4.69, 9.17) is 9.15 Å². The number of hydrogen-bond acceptors (Lipinski definition) is 5. The topological polar surface area (TPSA) is 41.7 Å². The van der Waals surface area contributed by atoms with Crippen molar-refractivity contribution in [1.82, 2.24) is 14.8 Å². The molecule has 0 atom stereocenters. The van der Waals surface area contributed by atoms with Gasteiger partial charge in [-0.25, -0.2) is 9.37 Å². The van der Waals surface area contributed by atoms with Crippen molar-refractivity contribution in [2.75, 3.05) is 45.9 Å². The lowest BCUT2D eigenvalue weighted by Crippen LogP contribution is -2.42. The molecule has 2 aromatic rings. The van der Waals surface area contributed by atoms with Gasteiger partial charge in [-0.3, -0.25) is 9.80 Å². The number of morpholine rings is 1. The van der Waals surface area contributed by atoms with Crippen LogP contribution in [0.25, 0.3) is 11.5 Å². The summed E-state index contributed by atoms with van der Waals surface area (Å²) in [5.74, 6) is 1.10. The molecule has 0 N–H and O–H groups in total. The van der Waals surface area contributed by atoms with Crippen molar-refractivity contribution in [1.29, 1.82) is 0 Å². The summed E-state index contributed by atoms with van der Waals surface area (Å²) in [6.45, 7) is 8.13. The molecule has 0 saturated carbocycles. The van der Waals surface area contributed by atoms with E-state index in [1.807, 2.05) is 0 Å². The van der Waals surface area contributed by atoms with Crippen LogP contribution in [0.15, 0.2) is 34.9 Å². The van der Waals surface area contributed by atoms with Crippen LogP contribution in [0.3, 0.4) is 0 Å². The number of aromatic nitrogens is 1. The molecule has 1 aromatic heterocycles. The molecule has 0 aliphatic carbocycles. The minimum atomic E-state index is -0.250. The molecule has 5 nitrogen and oxygen atoms in total. The van der Waals surface area contributed by atoms with Gasteiger partial charge in [0.2, 0.25) is 5.89 Å². The Labute approximate surface area is 153 Å². The van der Waals surface area contributed by atoms with E-state index in [0.717, 1.165) is 63.1 Å². The van der Waals surface area contributed by atoms with E-state index in [1.54, 1.807) is 18.4 Å². The zero-order valence-corrected chi connectivity index (χ0v) is 15.1. The van der Waals surface area contributed by atoms with Crippen LogP contribution in [-0.4, -0.2) is 60.7 Å². The molecule has 2 aliphatic heterocycles. The Morgan fingerprint density at radius 1 is 1.00 bits per heavy atom. The average molecular weight is 359 g/mol. The fraction of sp³-hybridized carbons (Fsp3) is 0.550. The van der Waals surface area contributed by atoms with Crippen molar-refractivity contribution in [2.24, 2.45) is 5.92 Å². The molecule has 0 bridgehead atoms. The molecule has 0 spiro atoms. The van der Waals surface area contributed by atoms with Gasteiger partial charge in [0, 0.05) is 31.7 Å². The molecule has 0 unspecified atom stereocenters. The SMILES string of the molecule is Fc1ccc(-c2nc(CN3CCC(CN4CCOCC4)CC3)co2)cc1. The van der Waals surface area contributed by atoms with Crippen LogP contribution in [0.5, 0.6) is 0 Å². The number of rotatable bonds is 5. The Hall–Kier alpha value is -1.76. The van der Waals surface area contributed by atoms with E-state index in [0.29, 0.717) is 5.89 Å². The average Bonchev–Trinajstić information content (AvgIpc) is 3.13. The molecule has 0 amide bonds. The van der Waals surface area contributed by atoms with Crippen molar-refractivity contribution >= 4 is 0 Å². The van der Waals surface area contributed by atoms with Gasteiger partial charge in [0.1, 0.15) is 12.1 Å². The van der Waals surface area contributed by atoms with Crippen LogP contribution >= 0.6 is 0 Å². The van der Waals surface area contributed by atoms with Gasteiger partial charge in [0.15, 0.2) is 0 Å². The number of likely N-dealkylation sites (tertiary alicyclic amines) is 1. The summed E-state index contributed by atoms with van der Waals surface area (Å²) in [4.78, 5) is 9.55. The quantitative estimate of drug-likeness (QED) is 0.821. The van der Waals surface area contributed by atoms with Crippen LogP contribution in [-0.2, 0) is 11.3 Å². The first-order valence-corrected chi connectivity index (χ1v) is 9.49. The second-order valence-corrected chi connectivity index (χ2v) is 7.28. The predicted molar refractivity (Wildman–Crippen MR) is 97.2 cm³/mol. The second kappa shape index (κ2) is 8.29. The highest BCUT2D eigenvalue weighted by Crippen LogP contribution is 2.23. The van der Waals surface area contributed by atoms with Crippen LogP contribution in [0, 0.1) is 11.7 Å². The molecule has 2 fully saturated rings. The van der Waals surface area contributed by atoms with Crippen molar-refractivity contribution in [2.45, 2.75) is 19.4 Å². The smallest absolute Gasteiger partial charge is 0.226 e. The standard InChI is InChI=1S/C20H26FN3O2/c21-18-3-1-17(2-4-18)20-22-19(15-26-20)14-23-7-5-16(6-8-23)13-24-9-11-25-12-10-24/h1-4,15-16H,5-14H2. The molecular formula is C20H26FN3O2. The fourth-order valence-electron chi connectivity index (χ4n) is 3.81. The highest BCUT2D eigenvalue weighted by Gasteiger charge is 2.23. The molecule has 140 valence electrons. The predicted octanol–water partition coefficient (Wildman–Crippen LogP) is 3.02. The van der Waals surface area contributed by atoms with E-state index in [2.05, 4.69) is 14.8 Å². The number of ether oxygens (including phenoxy) is 1. The lowest BCUT2D eigenvalue weighted by atomic mass is 9.96. The van der Waals surface area contributed by atoms with Crippen molar-refractivity contribution in [3.05, 3.63) is 42.0 Å². The minimum absolute atomic E-state index is 0.250. The van der Waals surface area contributed by atoms with Gasteiger partial charge in [-0.05, 0) is 56.1 Å². The lowest BCUT2D eigenvalue weighted by Gasteiger charge is -2.35. The van der Waals surface area contributed by atoms with E-state index in [9.17, 15) is 4.39 Å². The number of benzene rings is 1. The minimum Gasteiger partial charge on any atom is -0.444 e. The first kappa shape index (κ1) is 17.6. The Kier molecular flexibility index (Phi) is 5.62. The van der Waals surface area contributed by atoms with Gasteiger partial charge >= 0.3 is 0 Å². The molecule has 2 saturated heterocycles. The van der Waals surface area contributed by atoms with E-state index >= 15 is 0 Å². The normalized spacial score (nSPS) is 20.5. The maximum atomic E-state index is 13.0. The summed E-state index contributed by atoms with van der Waals surface area (Å²) in [6.07, 6.45) is 4.19. The van der Waals surface area contributed by atoms with Gasteiger partial charge in [-0.2, -0.15) is 0 Å². The second-order valence-electron chi connectivity index (χ2n) is 7.28. The molecule has 6 heteroatoms. The summed E-state index contributed by atoms with van der Waals surface area (Å²) in [5, 5.41) is 0. The highest BCUT2D eigenvalue weighted by atomic mass is 19.1. The summed E-state index contributed by atoms with van der Waals surface area (Å²) in [7, 11) is 0. The monoisotopic (exact) mass is 359 g/mol. The number of piperidine rings is 1. The number of nitrogens with zero attached hydrogens (tertiary/aromatic N) is 3. The van der Waals surface area contributed by atoms with Crippen molar-refractivity contribution < 1.29 is 13.5 Å². The molecule has 4 rings (SSSR count). The van der Waals surface area contributed by atoms with Gasteiger partial charge in [0.05, 0.1) is 18.9 Å². The molecule has 1 aromatic carbocycles. The third kappa shape index (κ3) is 4.50. The van der Waals surface area contributed by atoms with Gasteiger partial charge in [0.25, 0.3) is 0 Å². The van der Waals surface area contributed by atoms with Gasteiger partial charge in [-0.15, -0.1) is 0 Å². The Bertz CT molecular complexity index is 689. The van der Waals surface area contributed by atoms with E-state index < -0.39 is 0 Å². The maximum absolute atomic E-state index is 13.0. The number of oxazole rings is 1. The Balaban J connectivity index is 1.26. The van der Waals surface area contributed by atoms with Gasteiger partial charge in [-0.1, -0.05) is 0 Å².